The van der Waals surface area contributed by atoms with Crippen molar-refractivity contribution in [2.45, 2.75) is 13.5 Å². The average Bonchev–Trinajstić information content (AvgIpc) is 2.77. The average molecular weight is 232 g/mol. The van der Waals surface area contributed by atoms with E-state index in [1.807, 2.05) is 18.2 Å². The van der Waals surface area contributed by atoms with E-state index in [9.17, 15) is 4.79 Å². The second kappa shape index (κ2) is 4.75. The first-order chi connectivity index (χ1) is 8.20. The molecule has 17 heavy (non-hydrogen) atoms. The Morgan fingerprint density at radius 3 is 2.88 bits per heavy atom. The molecule has 1 amide bonds. The molecule has 2 aromatic rings. The summed E-state index contributed by atoms with van der Waals surface area (Å²) >= 11 is 0. The number of nitrogens with zero attached hydrogens (tertiary/aromatic N) is 2. The number of para-hydroxylation sites is 1. The SMILES string of the molecule is Cc1nc(C(=O)Nc2ccccc2CN)no1. The van der Waals surface area contributed by atoms with Crippen molar-refractivity contribution in [3.05, 3.63) is 41.5 Å². The number of anilines is 1. The van der Waals surface area contributed by atoms with Crippen LogP contribution in [0.2, 0.25) is 0 Å². The zero-order valence-corrected chi connectivity index (χ0v) is 9.30. The number of aryl methyl sites for hydroxylation is 1. The number of benzene rings is 1. The highest BCUT2D eigenvalue weighted by molar-refractivity contribution is 6.01. The van der Waals surface area contributed by atoms with Crippen LogP contribution in [-0.2, 0) is 6.54 Å². The van der Waals surface area contributed by atoms with Crippen LogP contribution < -0.4 is 11.1 Å². The van der Waals surface area contributed by atoms with Crippen LogP contribution in [0.1, 0.15) is 22.1 Å². The quantitative estimate of drug-likeness (QED) is 0.826. The topological polar surface area (TPSA) is 94.0 Å². The van der Waals surface area contributed by atoms with Crippen molar-refractivity contribution in [1.29, 1.82) is 0 Å². The molecule has 0 aliphatic rings. The fourth-order valence-electron chi connectivity index (χ4n) is 1.39. The van der Waals surface area contributed by atoms with Crippen LogP contribution >= 0.6 is 0 Å². The molecule has 0 aliphatic carbocycles. The Hall–Kier alpha value is -2.21. The Morgan fingerprint density at radius 1 is 1.47 bits per heavy atom. The van der Waals surface area contributed by atoms with Crippen molar-refractivity contribution in [2.75, 3.05) is 5.32 Å². The third-order valence-corrected chi connectivity index (χ3v) is 2.22. The van der Waals surface area contributed by atoms with Gasteiger partial charge in [0, 0.05) is 19.2 Å². The molecule has 0 unspecified atom stereocenters. The van der Waals surface area contributed by atoms with Gasteiger partial charge in [-0.3, -0.25) is 4.79 Å². The van der Waals surface area contributed by atoms with Crippen LogP contribution in [0.5, 0.6) is 0 Å². The lowest BCUT2D eigenvalue weighted by Crippen LogP contribution is -2.15. The minimum atomic E-state index is -0.414. The van der Waals surface area contributed by atoms with Crippen LogP contribution in [-0.4, -0.2) is 16.0 Å². The van der Waals surface area contributed by atoms with Gasteiger partial charge in [0.05, 0.1) is 0 Å². The molecular formula is C11H12N4O2. The Bertz CT molecular complexity index is 536. The normalized spacial score (nSPS) is 10.2. The van der Waals surface area contributed by atoms with Crippen molar-refractivity contribution in [3.63, 3.8) is 0 Å². The van der Waals surface area contributed by atoms with Gasteiger partial charge in [-0.15, -0.1) is 0 Å². The number of amides is 1. The minimum absolute atomic E-state index is 0.00863. The number of nitrogens with one attached hydrogen (secondary N) is 1. The summed E-state index contributed by atoms with van der Waals surface area (Å²) in [5.74, 6) is -0.0562. The van der Waals surface area contributed by atoms with Gasteiger partial charge in [-0.25, -0.2) is 0 Å². The molecule has 0 radical (unpaired) electrons. The number of carbonyl (C=O) groups excluding carboxylic acids is 1. The molecule has 6 heteroatoms. The van der Waals surface area contributed by atoms with Gasteiger partial charge in [-0.05, 0) is 11.6 Å². The summed E-state index contributed by atoms with van der Waals surface area (Å²) in [7, 11) is 0. The molecule has 88 valence electrons. The molecule has 0 saturated heterocycles. The molecule has 0 spiro atoms. The number of nitrogens with two attached hydrogens (primary N) is 1. The number of aromatic nitrogens is 2. The van der Waals surface area contributed by atoms with Crippen LogP contribution in [0.25, 0.3) is 0 Å². The highest BCUT2D eigenvalue weighted by Gasteiger charge is 2.13. The van der Waals surface area contributed by atoms with Crippen LogP contribution in [0.4, 0.5) is 5.69 Å². The lowest BCUT2D eigenvalue weighted by atomic mass is 10.2. The van der Waals surface area contributed by atoms with Crippen molar-refractivity contribution in [3.8, 4) is 0 Å². The minimum Gasteiger partial charge on any atom is -0.339 e. The monoisotopic (exact) mass is 232 g/mol. The van der Waals surface area contributed by atoms with E-state index in [0.29, 0.717) is 18.1 Å². The number of carbonyl (C=O) groups is 1. The maximum absolute atomic E-state index is 11.8. The van der Waals surface area contributed by atoms with Crippen LogP contribution in [0, 0.1) is 6.92 Å². The molecule has 0 aliphatic heterocycles. The van der Waals surface area contributed by atoms with E-state index in [4.69, 9.17) is 10.3 Å². The zero-order chi connectivity index (χ0) is 12.3. The first-order valence-corrected chi connectivity index (χ1v) is 5.10. The molecular weight excluding hydrogens is 220 g/mol. The first kappa shape index (κ1) is 11.3. The standard InChI is InChI=1S/C11H12N4O2/c1-7-13-10(15-17-7)11(16)14-9-5-3-2-4-8(9)6-12/h2-5H,6,12H2,1H3,(H,14,16). The number of hydrogen-bond acceptors (Lipinski definition) is 5. The van der Waals surface area contributed by atoms with E-state index >= 15 is 0 Å². The maximum atomic E-state index is 11.8. The van der Waals surface area contributed by atoms with Gasteiger partial charge >= 0.3 is 0 Å². The fourth-order valence-corrected chi connectivity index (χ4v) is 1.39. The number of rotatable bonds is 3. The molecule has 6 nitrogen and oxygen atoms in total. The summed E-state index contributed by atoms with van der Waals surface area (Å²) in [6.07, 6.45) is 0. The largest absolute Gasteiger partial charge is 0.339 e. The van der Waals surface area contributed by atoms with E-state index in [2.05, 4.69) is 15.5 Å². The van der Waals surface area contributed by atoms with Gasteiger partial charge in [-0.2, -0.15) is 4.98 Å². The van der Waals surface area contributed by atoms with Gasteiger partial charge in [0.2, 0.25) is 5.89 Å². The number of hydrogen-bond donors (Lipinski definition) is 2. The lowest BCUT2D eigenvalue weighted by molar-refractivity contribution is 0.101. The van der Waals surface area contributed by atoms with E-state index in [1.54, 1.807) is 13.0 Å². The van der Waals surface area contributed by atoms with Gasteiger partial charge in [0.25, 0.3) is 11.7 Å². The van der Waals surface area contributed by atoms with Gasteiger partial charge < -0.3 is 15.6 Å². The molecule has 0 atom stereocenters. The summed E-state index contributed by atoms with van der Waals surface area (Å²) in [5, 5.41) is 6.23. The van der Waals surface area contributed by atoms with Gasteiger partial charge in [0.1, 0.15) is 0 Å². The molecule has 1 heterocycles. The molecule has 0 bridgehead atoms. The van der Waals surface area contributed by atoms with Crippen LogP contribution in [0.15, 0.2) is 28.8 Å². The summed E-state index contributed by atoms with van der Waals surface area (Å²) < 4.78 is 4.73. The second-order valence-corrected chi connectivity index (χ2v) is 3.45. The van der Waals surface area contributed by atoms with Crippen molar-refractivity contribution < 1.29 is 9.32 Å². The van der Waals surface area contributed by atoms with E-state index in [-0.39, 0.29) is 5.82 Å². The summed E-state index contributed by atoms with van der Waals surface area (Å²) in [4.78, 5) is 15.6. The lowest BCUT2D eigenvalue weighted by Gasteiger charge is -2.07. The smallest absolute Gasteiger partial charge is 0.297 e. The predicted octanol–water partition coefficient (Wildman–Crippen LogP) is 1.09. The molecule has 2 rings (SSSR count). The highest BCUT2D eigenvalue weighted by Crippen LogP contribution is 2.14. The Morgan fingerprint density at radius 2 is 2.24 bits per heavy atom. The van der Waals surface area contributed by atoms with Crippen molar-refractivity contribution in [1.82, 2.24) is 10.1 Å². The predicted molar refractivity (Wildman–Crippen MR) is 61.3 cm³/mol. The molecule has 3 N–H and O–H groups in total. The second-order valence-electron chi connectivity index (χ2n) is 3.45. The molecule has 0 saturated carbocycles. The van der Waals surface area contributed by atoms with Crippen molar-refractivity contribution in [2.24, 2.45) is 5.73 Å². The Balaban J connectivity index is 2.18. The molecule has 0 fully saturated rings. The Kier molecular flexibility index (Phi) is 3.15. The fraction of sp³-hybridized carbons (Fsp3) is 0.182. The van der Waals surface area contributed by atoms with Gasteiger partial charge in [0.15, 0.2) is 0 Å². The zero-order valence-electron chi connectivity index (χ0n) is 9.30. The first-order valence-electron chi connectivity index (χ1n) is 5.10. The van der Waals surface area contributed by atoms with E-state index in [0.717, 1.165) is 5.56 Å². The van der Waals surface area contributed by atoms with Gasteiger partial charge in [-0.1, -0.05) is 23.4 Å². The van der Waals surface area contributed by atoms with E-state index < -0.39 is 5.91 Å². The Labute approximate surface area is 97.8 Å². The van der Waals surface area contributed by atoms with Crippen LogP contribution in [0.3, 0.4) is 0 Å². The third kappa shape index (κ3) is 2.48. The summed E-state index contributed by atoms with van der Waals surface area (Å²) in [6.45, 7) is 1.97. The van der Waals surface area contributed by atoms with Crippen molar-refractivity contribution >= 4 is 11.6 Å². The highest BCUT2D eigenvalue weighted by atomic mass is 16.5. The molecule has 1 aromatic heterocycles. The molecule has 1 aromatic carbocycles. The maximum Gasteiger partial charge on any atom is 0.297 e. The third-order valence-electron chi connectivity index (χ3n) is 2.22. The van der Waals surface area contributed by atoms with E-state index in [1.165, 1.54) is 0 Å². The summed E-state index contributed by atoms with van der Waals surface area (Å²) in [5.41, 5.74) is 7.07. The summed E-state index contributed by atoms with van der Waals surface area (Å²) in [6, 6.07) is 7.29.